The summed E-state index contributed by atoms with van der Waals surface area (Å²) in [5.74, 6) is -0.424. The summed E-state index contributed by atoms with van der Waals surface area (Å²) < 4.78 is 0. The van der Waals surface area contributed by atoms with Crippen molar-refractivity contribution in [2.24, 2.45) is 0 Å². The van der Waals surface area contributed by atoms with Gasteiger partial charge in [-0.25, -0.2) is 4.98 Å². The molecule has 4 nitrogen and oxygen atoms in total. The Labute approximate surface area is 74.3 Å². The van der Waals surface area contributed by atoms with Crippen LogP contribution in [-0.2, 0) is 11.2 Å². The summed E-state index contributed by atoms with van der Waals surface area (Å²) in [5.41, 5.74) is 0. The third-order valence-electron chi connectivity index (χ3n) is 1.29. The molecule has 5 heteroatoms. The van der Waals surface area contributed by atoms with Crippen LogP contribution in [0.25, 0.3) is 0 Å². The lowest BCUT2D eigenvalue weighted by molar-refractivity contribution is -0.118. The van der Waals surface area contributed by atoms with Crippen LogP contribution in [0.2, 0.25) is 0 Å². The molecule has 1 rings (SSSR count). The second kappa shape index (κ2) is 4.18. The molecule has 0 fully saturated rings. The van der Waals surface area contributed by atoms with Crippen molar-refractivity contribution in [1.82, 2.24) is 4.98 Å². The van der Waals surface area contributed by atoms with Gasteiger partial charge in [0.15, 0.2) is 5.13 Å². The first-order valence-electron chi connectivity index (χ1n) is 3.61. The summed E-state index contributed by atoms with van der Waals surface area (Å²) in [4.78, 5) is 15.7. The summed E-state index contributed by atoms with van der Waals surface area (Å²) in [7, 11) is 0. The lowest BCUT2D eigenvalue weighted by Gasteiger charge is -1.94. The van der Waals surface area contributed by atoms with Crippen molar-refractivity contribution < 1.29 is 9.90 Å². The number of carbonyl (C=O) groups is 1. The fourth-order valence-electron chi connectivity index (χ4n) is 0.688. The fraction of sp³-hybridized carbons (Fsp3) is 0.429. The van der Waals surface area contributed by atoms with E-state index in [1.54, 1.807) is 6.20 Å². The molecule has 0 aliphatic heterocycles. The minimum Gasteiger partial charge on any atom is -0.387 e. The van der Waals surface area contributed by atoms with Gasteiger partial charge in [0.1, 0.15) is 6.61 Å². The second-order valence-electron chi connectivity index (χ2n) is 2.19. The maximum absolute atomic E-state index is 10.7. The van der Waals surface area contributed by atoms with Gasteiger partial charge in [-0.05, 0) is 6.42 Å². The van der Waals surface area contributed by atoms with E-state index >= 15 is 0 Å². The van der Waals surface area contributed by atoms with E-state index in [9.17, 15) is 4.79 Å². The van der Waals surface area contributed by atoms with E-state index in [-0.39, 0.29) is 0 Å². The normalized spacial score (nSPS) is 9.83. The van der Waals surface area contributed by atoms with E-state index in [4.69, 9.17) is 5.11 Å². The predicted molar refractivity (Wildman–Crippen MR) is 47.2 cm³/mol. The lowest BCUT2D eigenvalue weighted by Crippen LogP contribution is -2.14. The van der Waals surface area contributed by atoms with Gasteiger partial charge in [-0.1, -0.05) is 6.92 Å². The molecule has 0 radical (unpaired) electrons. The van der Waals surface area contributed by atoms with Crippen LogP contribution in [0.3, 0.4) is 0 Å². The van der Waals surface area contributed by atoms with Crippen molar-refractivity contribution in [2.75, 3.05) is 11.9 Å². The zero-order chi connectivity index (χ0) is 8.97. The van der Waals surface area contributed by atoms with Gasteiger partial charge in [-0.15, -0.1) is 11.3 Å². The number of carbonyl (C=O) groups excluding carboxylic acids is 1. The largest absolute Gasteiger partial charge is 0.387 e. The van der Waals surface area contributed by atoms with Crippen molar-refractivity contribution >= 4 is 22.4 Å². The maximum Gasteiger partial charge on any atom is 0.251 e. The van der Waals surface area contributed by atoms with E-state index < -0.39 is 12.5 Å². The number of aryl methyl sites for hydroxylation is 1. The molecule has 66 valence electrons. The smallest absolute Gasteiger partial charge is 0.251 e. The summed E-state index contributed by atoms with van der Waals surface area (Å²) in [6, 6.07) is 0. The van der Waals surface area contributed by atoms with E-state index in [1.165, 1.54) is 11.3 Å². The molecule has 1 amide bonds. The van der Waals surface area contributed by atoms with Crippen LogP contribution in [0.15, 0.2) is 6.20 Å². The zero-order valence-electron chi connectivity index (χ0n) is 6.70. The monoisotopic (exact) mass is 186 g/mol. The average Bonchev–Trinajstić information content (AvgIpc) is 2.52. The van der Waals surface area contributed by atoms with Gasteiger partial charge < -0.3 is 5.11 Å². The van der Waals surface area contributed by atoms with Crippen LogP contribution >= 0.6 is 11.3 Å². The highest BCUT2D eigenvalue weighted by molar-refractivity contribution is 7.15. The van der Waals surface area contributed by atoms with Crippen LogP contribution in [0.5, 0.6) is 0 Å². The minimum absolute atomic E-state index is 0.424. The van der Waals surface area contributed by atoms with Crippen molar-refractivity contribution in [3.05, 3.63) is 11.1 Å². The van der Waals surface area contributed by atoms with Gasteiger partial charge in [0, 0.05) is 11.1 Å². The molecule has 1 aromatic rings. The van der Waals surface area contributed by atoms with E-state index in [0.29, 0.717) is 5.13 Å². The van der Waals surface area contributed by atoms with Gasteiger partial charge in [0.2, 0.25) is 0 Å². The zero-order valence-corrected chi connectivity index (χ0v) is 7.52. The standard InChI is InChI=1S/C7H10N2O2S/c1-2-5-3-8-7(12-5)9-6(11)4-10/h3,10H,2,4H2,1H3,(H,8,9,11). The highest BCUT2D eigenvalue weighted by Crippen LogP contribution is 2.17. The van der Waals surface area contributed by atoms with Crippen molar-refractivity contribution in [3.63, 3.8) is 0 Å². The molecule has 2 N–H and O–H groups in total. The minimum atomic E-state index is -0.499. The van der Waals surface area contributed by atoms with Crippen molar-refractivity contribution in [1.29, 1.82) is 0 Å². The van der Waals surface area contributed by atoms with Crippen LogP contribution in [-0.4, -0.2) is 22.6 Å². The third-order valence-corrected chi connectivity index (χ3v) is 2.35. The maximum atomic E-state index is 10.7. The topological polar surface area (TPSA) is 62.2 Å². The summed E-state index contributed by atoms with van der Waals surface area (Å²) in [5, 5.41) is 11.4. The van der Waals surface area contributed by atoms with Crippen molar-refractivity contribution in [2.45, 2.75) is 13.3 Å². The molecular weight excluding hydrogens is 176 g/mol. The number of thiazole rings is 1. The van der Waals surface area contributed by atoms with E-state index in [0.717, 1.165) is 11.3 Å². The molecule has 0 spiro atoms. The Morgan fingerprint density at radius 1 is 1.83 bits per heavy atom. The summed E-state index contributed by atoms with van der Waals surface area (Å²) in [6.07, 6.45) is 2.63. The van der Waals surface area contributed by atoms with E-state index in [2.05, 4.69) is 10.3 Å². The Morgan fingerprint density at radius 2 is 2.58 bits per heavy atom. The highest BCUT2D eigenvalue weighted by Gasteiger charge is 2.03. The molecule has 0 atom stereocenters. The van der Waals surface area contributed by atoms with Crippen LogP contribution in [0.4, 0.5) is 5.13 Å². The number of hydrogen-bond acceptors (Lipinski definition) is 4. The number of aliphatic hydroxyl groups excluding tert-OH is 1. The molecule has 0 bridgehead atoms. The Morgan fingerprint density at radius 3 is 3.08 bits per heavy atom. The van der Waals surface area contributed by atoms with Gasteiger partial charge >= 0.3 is 0 Å². The van der Waals surface area contributed by atoms with E-state index in [1.807, 2.05) is 6.92 Å². The predicted octanol–water partition coefficient (Wildman–Crippen LogP) is 0.636. The molecule has 0 aromatic carbocycles. The third kappa shape index (κ3) is 2.28. The number of hydrogen-bond donors (Lipinski definition) is 2. The highest BCUT2D eigenvalue weighted by atomic mass is 32.1. The Kier molecular flexibility index (Phi) is 3.19. The molecule has 0 aliphatic carbocycles. The number of aromatic nitrogens is 1. The molecule has 1 aromatic heterocycles. The number of nitrogens with one attached hydrogen (secondary N) is 1. The van der Waals surface area contributed by atoms with Crippen LogP contribution in [0.1, 0.15) is 11.8 Å². The molecule has 0 saturated heterocycles. The molecule has 0 saturated carbocycles. The number of nitrogens with zero attached hydrogens (tertiary/aromatic N) is 1. The quantitative estimate of drug-likeness (QED) is 0.728. The lowest BCUT2D eigenvalue weighted by atomic mass is 10.4. The number of aliphatic hydroxyl groups is 1. The summed E-state index contributed by atoms with van der Waals surface area (Å²) in [6.45, 7) is 1.52. The van der Waals surface area contributed by atoms with Gasteiger partial charge in [-0.2, -0.15) is 0 Å². The van der Waals surface area contributed by atoms with Gasteiger partial charge in [-0.3, -0.25) is 10.1 Å². The van der Waals surface area contributed by atoms with Gasteiger partial charge in [0.25, 0.3) is 5.91 Å². The summed E-state index contributed by atoms with van der Waals surface area (Å²) >= 11 is 1.42. The van der Waals surface area contributed by atoms with Crippen LogP contribution in [0, 0.1) is 0 Å². The van der Waals surface area contributed by atoms with Crippen molar-refractivity contribution in [3.8, 4) is 0 Å². The Balaban J connectivity index is 2.58. The molecule has 12 heavy (non-hydrogen) atoms. The number of amides is 1. The fourth-order valence-corrected chi connectivity index (χ4v) is 1.46. The first kappa shape index (κ1) is 9.15. The first-order chi connectivity index (χ1) is 5.76. The Bertz CT molecular complexity index is 272. The first-order valence-corrected chi connectivity index (χ1v) is 4.43. The second-order valence-corrected chi connectivity index (χ2v) is 3.31. The van der Waals surface area contributed by atoms with Gasteiger partial charge in [0.05, 0.1) is 0 Å². The molecule has 0 unspecified atom stereocenters. The average molecular weight is 186 g/mol. The molecule has 0 aliphatic rings. The molecule has 1 heterocycles. The Hall–Kier alpha value is -0.940. The molecular formula is C7H10N2O2S. The van der Waals surface area contributed by atoms with Crippen LogP contribution < -0.4 is 5.32 Å². The number of anilines is 1. The SMILES string of the molecule is CCc1cnc(NC(=O)CO)s1. The number of rotatable bonds is 3.